The van der Waals surface area contributed by atoms with Gasteiger partial charge >= 0.3 is 0 Å². The van der Waals surface area contributed by atoms with Crippen LogP contribution in [-0.2, 0) is 7.05 Å². The van der Waals surface area contributed by atoms with Crippen molar-refractivity contribution in [1.29, 1.82) is 0 Å². The van der Waals surface area contributed by atoms with Crippen molar-refractivity contribution in [1.82, 2.24) is 9.88 Å². The fraction of sp³-hybridized carbons (Fsp3) is 0.267. The number of fused-ring (bicyclic) bond motifs is 2. The minimum atomic E-state index is -0.221. The number of hydrogen-bond donors (Lipinski definition) is 0. The van der Waals surface area contributed by atoms with Crippen molar-refractivity contribution < 1.29 is 9.36 Å². The number of benzene rings is 1. The smallest absolute Gasteiger partial charge is 0.234 e. The Morgan fingerprint density at radius 2 is 2.00 bits per heavy atom. The van der Waals surface area contributed by atoms with E-state index in [1.807, 2.05) is 67.0 Å². The average Bonchev–Trinajstić information content (AvgIpc) is 2.40. The topological polar surface area (TPSA) is 37.1 Å². The molecule has 4 heteroatoms. The Morgan fingerprint density at radius 3 is 2.74 bits per heavy atom. The van der Waals surface area contributed by atoms with Gasteiger partial charge in [0.2, 0.25) is 17.0 Å². The molecule has 1 aromatic carbocycles. The number of para-hydroxylation sites is 2. The second-order valence-corrected chi connectivity index (χ2v) is 5.03. The Morgan fingerprint density at radius 1 is 1.26 bits per heavy atom. The highest BCUT2D eigenvalue weighted by Gasteiger charge is 2.32. The van der Waals surface area contributed by atoms with E-state index < -0.39 is 0 Å². The summed E-state index contributed by atoms with van der Waals surface area (Å²) in [4.78, 5) is 18.9. The molecule has 1 aromatic heterocycles. The summed E-state index contributed by atoms with van der Waals surface area (Å²) >= 11 is 0. The van der Waals surface area contributed by atoms with Gasteiger partial charge in [0.1, 0.15) is 12.6 Å². The number of nitrogens with zero attached hydrogens (tertiary/aromatic N) is 3. The summed E-state index contributed by atoms with van der Waals surface area (Å²) in [6.07, 6.45) is 3.92. The summed E-state index contributed by atoms with van der Waals surface area (Å²) in [6.45, 7) is 0. The molecule has 1 atom stereocenters. The second kappa shape index (κ2) is 4.24. The average molecular weight is 254 g/mol. The number of hydrogen-bond acceptors (Lipinski definition) is 3. The largest absolute Gasteiger partial charge is 0.296 e. The van der Waals surface area contributed by atoms with E-state index in [9.17, 15) is 4.79 Å². The van der Waals surface area contributed by atoms with Crippen molar-refractivity contribution in [2.75, 3.05) is 14.1 Å². The number of ketones is 1. The number of rotatable bonds is 1. The third-order valence-corrected chi connectivity index (χ3v) is 3.57. The third-order valence-electron chi connectivity index (χ3n) is 3.57. The highest BCUT2D eigenvalue weighted by molar-refractivity contribution is 6.05. The van der Waals surface area contributed by atoms with Crippen molar-refractivity contribution in [3.8, 4) is 0 Å². The molecular weight excluding hydrogens is 238 g/mol. The first-order valence-electron chi connectivity index (χ1n) is 6.27. The summed E-state index contributed by atoms with van der Waals surface area (Å²) in [5.41, 5.74) is 3.32. The molecule has 0 aliphatic heterocycles. The third kappa shape index (κ3) is 1.76. The van der Waals surface area contributed by atoms with Crippen molar-refractivity contribution in [2.45, 2.75) is 6.04 Å². The lowest BCUT2D eigenvalue weighted by Gasteiger charge is -2.22. The monoisotopic (exact) mass is 254 g/mol. The molecule has 0 amide bonds. The zero-order chi connectivity index (χ0) is 13.6. The quantitative estimate of drug-likeness (QED) is 0.718. The van der Waals surface area contributed by atoms with Crippen molar-refractivity contribution >= 4 is 22.9 Å². The maximum absolute atomic E-state index is 12.5. The van der Waals surface area contributed by atoms with Gasteiger partial charge in [0.05, 0.1) is 6.04 Å². The van der Waals surface area contributed by atoms with E-state index in [0.717, 1.165) is 16.7 Å². The molecule has 1 aliphatic rings. The van der Waals surface area contributed by atoms with Gasteiger partial charge in [-0.2, -0.15) is 4.57 Å². The zero-order valence-electron chi connectivity index (χ0n) is 11.3. The highest BCUT2D eigenvalue weighted by Crippen LogP contribution is 2.19. The SMILES string of the molecule is CN(C)C1C=Cc2c(nc3ccccc3[n+]2C)C1=O. The number of likely N-dealkylation sites (N-methyl/N-ethyl adjacent to an activating group) is 1. The molecule has 2 aromatic rings. The summed E-state index contributed by atoms with van der Waals surface area (Å²) in [7, 11) is 5.77. The molecule has 4 nitrogen and oxygen atoms in total. The molecule has 3 rings (SSSR count). The van der Waals surface area contributed by atoms with Crippen LogP contribution in [-0.4, -0.2) is 35.8 Å². The number of carbonyl (C=O) groups excluding carboxylic acids is 1. The molecule has 1 aliphatic carbocycles. The molecule has 1 unspecified atom stereocenters. The van der Waals surface area contributed by atoms with Gasteiger partial charge in [-0.15, -0.1) is 0 Å². The summed E-state index contributed by atoms with van der Waals surface area (Å²) in [5.74, 6) is 0.0591. The van der Waals surface area contributed by atoms with Crippen LogP contribution in [0.25, 0.3) is 17.1 Å². The van der Waals surface area contributed by atoms with Crippen LogP contribution in [0.3, 0.4) is 0 Å². The van der Waals surface area contributed by atoms with E-state index in [-0.39, 0.29) is 11.8 Å². The van der Waals surface area contributed by atoms with Gasteiger partial charge < -0.3 is 0 Å². The van der Waals surface area contributed by atoms with Gasteiger partial charge in [0.15, 0.2) is 5.69 Å². The molecule has 0 bridgehead atoms. The van der Waals surface area contributed by atoms with Crippen LogP contribution >= 0.6 is 0 Å². The molecule has 1 heterocycles. The van der Waals surface area contributed by atoms with Gasteiger partial charge in [0, 0.05) is 12.1 Å². The fourth-order valence-electron chi connectivity index (χ4n) is 2.50. The van der Waals surface area contributed by atoms with Gasteiger partial charge in [0.25, 0.3) is 0 Å². The van der Waals surface area contributed by atoms with Gasteiger partial charge in [-0.25, -0.2) is 4.98 Å². The predicted molar refractivity (Wildman–Crippen MR) is 73.8 cm³/mol. The lowest BCUT2D eigenvalue weighted by atomic mass is 9.99. The van der Waals surface area contributed by atoms with Crippen LogP contribution in [0.2, 0.25) is 0 Å². The number of aryl methyl sites for hydroxylation is 1. The Hall–Kier alpha value is -2.07. The van der Waals surface area contributed by atoms with Crippen LogP contribution in [0.5, 0.6) is 0 Å². The molecule has 0 spiro atoms. The zero-order valence-corrected chi connectivity index (χ0v) is 11.3. The van der Waals surface area contributed by atoms with E-state index in [2.05, 4.69) is 4.98 Å². The van der Waals surface area contributed by atoms with E-state index >= 15 is 0 Å². The molecule has 0 saturated heterocycles. The van der Waals surface area contributed by atoms with Crippen LogP contribution in [0.4, 0.5) is 0 Å². The van der Waals surface area contributed by atoms with Crippen LogP contribution in [0.15, 0.2) is 30.3 Å². The molecule has 0 N–H and O–H groups in total. The normalized spacial score (nSPS) is 18.1. The van der Waals surface area contributed by atoms with Crippen LogP contribution in [0.1, 0.15) is 16.2 Å². The molecule has 96 valence electrons. The van der Waals surface area contributed by atoms with Gasteiger partial charge in [-0.3, -0.25) is 9.69 Å². The van der Waals surface area contributed by atoms with E-state index in [4.69, 9.17) is 0 Å². The number of Topliss-reactive ketones (excluding diaryl/α,β-unsaturated/α-hetero) is 1. The van der Waals surface area contributed by atoms with Gasteiger partial charge in [-0.1, -0.05) is 18.2 Å². The summed E-state index contributed by atoms with van der Waals surface area (Å²) < 4.78 is 2.03. The molecule has 0 saturated carbocycles. The van der Waals surface area contributed by atoms with Crippen molar-refractivity contribution in [3.05, 3.63) is 41.7 Å². The fourth-order valence-corrected chi connectivity index (χ4v) is 2.50. The summed E-state index contributed by atoms with van der Waals surface area (Å²) in [5, 5.41) is 0. The second-order valence-electron chi connectivity index (χ2n) is 5.03. The van der Waals surface area contributed by atoms with E-state index in [0.29, 0.717) is 5.69 Å². The standard InChI is InChI=1S/C15H16N3O/c1-17(2)13-9-8-12-14(15(13)19)16-10-6-4-5-7-11(10)18(12)3/h4-9,13H,1-3H3/q+1. The Labute approximate surface area is 112 Å². The van der Waals surface area contributed by atoms with Crippen LogP contribution < -0.4 is 4.57 Å². The Kier molecular flexibility index (Phi) is 2.68. The summed E-state index contributed by atoms with van der Waals surface area (Å²) in [6, 6.07) is 7.65. The minimum Gasteiger partial charge on any atom is -0.296 e. The lowest BCUT2D eigenvalue weighted by Crippen LogP contribution is -2.42. The first kappa shape index (κ1) is 12.0. The molecule has 0 radical (unpaired) electrons. The van der Waals surface area contributed by atoms with Gasteiger partial charge in [-0.05, 0) is 20.2 Å². The molecule has 19 heavy (non-hydrogen) atoms. The maximum atomic E-state index is 12.5. The first-order valence-corrected chi connectivity index (χ1v) is 6.27. The number of aromatic nitrogens is 2. The Balaban J connectivity index is 2.28. The molecule has 0 fully saturated rings. The molecular formula is C15H16N3O+. The van der Waals surface area contributed by atoms with E-state index in [1.165, 1.54) is 0 Å². The predicted octanol–water partition coefficient (Wildman–Crippen LogP) is 1.20. The van der Waals surface area contributed by atoms with Crippen LogP contribution in [0, 0.1) is 0 Å². The lowest BCUT2D eigenvalue weighted by molar-refractivity contribution is -0.647. The maximum Gasteiger partial charge on any atom is 0.234 e. The highest BCUT2D eigenvalue weighted by atomic mass is 16.1. The number of carbonyl (C=O) groups is 1. The minimum absolute atomic E-state index is 0.0591. The van der Waals surface area contributed by atoms with Crippen molar-refractivity contribution in [3.63, 3.8) is 0 Å². The first-order chi connectivity index (χ1) is 9.09. The van der Waals surface area contributed by atoms with Crippen molar-refractivity contribution in [2.24, 2.45) is 7.05 Å². The van der Waals surface area contributed by atoms with E-state index in [1.54, 1.807) is 0 Å². The Bertz CT molecular complexity index is 704.